The van der Waals surface area contributed by atoms with Gasteiger partial charge in [0.2, 0.25) is 0 Å². The lowest BCUT2D eigenvalue weighted by atomic mass is 10.0. The largest absolute Gasteiger partial charge is 0.300 e. The molecule has 0 unspecified atom stereocenters. The number of aryl methyl sites for hydroxylation is 2. The molecule has 0 fully saturated rings. The molecule has 0 aliphatic rings. The summed E-state index contributed by atoms with van der Waals surface area (Å²) in [5.41, 5.74) is 5.56. The minimum absolute atomic E-state index is 0.333. The van der Waals surface area contributed by atoms with Crippen LogP contribution >= 0.6 is 11.8 Å². The van der Waals surface area contributed by atoms with Gasteiger partial charge in [0.15, 0.2) is 16.5 Å². The van der Waals surface area contributed by atoms with Crippen molar-refractivity contribution in [2.45, 2.75) is 24.8 Å². The van der Waals surface area contributed by atoms with Gasteiger partial charge in [0.1, 0.15) is 0 Å². The fourth-order valence-corrected chi connectivity index (χ4v) is 4.39. The lowest BCUT2D eigenvalue weighted by Crippen LogP contribution is -2.18. The number of benzene rings is 3. The minimum Gasteiger partial charge on any atom is -0.265 e. The summed E-state index contributed by atoms with van der Waals surface area (Å²) in [6.45, 7) is 4.08. The smallest absolute Gasteiger partial charge is 0.265 e. The first-order valence-corrected chi connectivity index (χ1v) is 11.0. The predicted molar refractivity (Wildman–Crippen MR) is 125 cm³/mol. The molecule has 31 heavy (non-hydrogen) atoms. The number of hydrogen-bond acceptors (Lipinski definition) is 5. The van der Waals surface area contributed by atoms with Crippen molar-refractivity contribution in [2.75, 3.05) is 0 Å². The number of aromatic nitrogens is 4. The molecule has 0 spiro atoms. The highest BCUT2D eigenvalue weighted by Crippen LogP contribution is 2.26. The van der Waals surface area contributed by atoms with Crippen LogP contribution in [0, 0.1) is 13.8 Å². The van der Waals surface area contributed by atoms with Crippen LogP contribution in [0.2, 0.25) is 0 Å². The molecule has 0 radical (unpaired) electrons. The third-order valence-corrected chi connectivity index (χ3v) is 6.34. The van der Waals surface area contributed by atoms with Crippen LogP contribution in [0.1, 0.15) is 16.7 Å². The summed E-state index contributed by atoms with van der Waals surface area (Å²) in [6, 6.07) is 23.9. The fourth-order valence-electron chi connectivity index (χ4n) is 3.49. The number of nitrogens with zero attached hydrogens (tertiary/aromatic N) is 4. The molecule has 6 heteroatoms. The van der Waals surface area contributed by atoms with E-state index in [0.29, 0.717) is 16.5 Å². The number of rotatable bonds is 4. The molecule has 3 aromatic carbocycles. The van der Waals surface area contributed by atoms with Crippen molar-refractivity contribution in [3.8, 4) is 11.3 Å². The standard InChI is InChI=1S/C25H20N4OS/c1-16-12-13-19(14-17(16)2)22-24(30)27-23-20-10-6-7-11-21(20)26-25(29(23)28-22)31-15-18-8-4-3-5-9-18/h3-14H,15H2,1-2H3. The molecule has 5 aromatic rings. The van der Waals surface area contributed by atoms with Crippen molar-refractivity contribution in [3.63, 3.8) is 0 Å². The van der Waals surface area contributed by atoms with E-state index in [0.717, 1.165) is 27.8 Å². The van der Waals surface area contributed by atoms with Gasteiger partial charge in [0.05, 0.1) is 5.52 Å². The maximum absolute atomic E-state index is 13.0. The zero-order valence-electron chi connectivity index (χ0n) is 17.2. The molecule has 0 aliphatic heterocycles. The van der Waals surface area contributed by atoms with Crippen molar-refractivity contribution < 1.29 is 0 Å². The predicted octanol–water partition coefficient (Wildman–Crippen LogP) is 5.21. The first-order chi connectivity index (χ1) is 15.1. The summed E-state index contributed by atoms with van der Waals surface area (Å²) in [5, 5.41) is 6.25. The van der Waals surface area contributed by atoms with Crippen LogP contribution in [0.4, 0.5) is 0 Å². The van der Waals surface area contributed by atoms with Crippen LogP contribution in [-0.2, 0) is 5.75 Å². The number of para-hydroxylation sites is 1. The normalized spacial score (nSPS) is 11.3. The first kappa shape index (κ1) is 19.5. The van der Waals surface area contributed by atoms with E-state index in [-0.39, 0.29) is 5.56 Å². The second kappa shape index (κ2) is 7.96. The average molecular weight is 425 g/mol. The Morgan fingerprint density at radius 2 is 1.65 bits per heavy atom. The second-order valence-electron chi connectivity index (χ2n) is 7.49. The molecule has 2 aromatic heterocycles. The molecule has 0 bridgehead atoms. The molecule has 5 rings (SSSR count). The molecular formula is C25H20N4OS. The monoisotopic (exact) mass is 424 g/mol. The highest BCUT2D eigenvalue weighted by Gasteiger charge is 2.15. The Bertz CT molecular complexity index is 1480. The van der Waals surface area contributed by atoms with Crippen molar-refractivity contribution in [1.82, 2.24) is 19.6 Å². The van der Waals surface area contributed by atoms with Gasteiger partial charge in [-0.3, -0.25) is 4.79 Å². The lowest BCUT2D eigenvalue weighted by Gasteiger charge is -2.11. The van der Waals surface area contributed by atoms with Gasteiger partial charge in [0.25, 0.3) is 5.56 Å². The van der Waals surface area contributed by atoms with Crippen LogP contribution in [0.15, 0.2) is 82.7 Å². The summed E-state index contributed by atoms with van der Waals surface area (Å²) in [4.78, 5) is 22.2. The zero-order valence-corrected chi connectivity index (χ0v) is 18.1. The Kier molecular flexibility index (Phi) is 5.00. The molecule has 0 amide bonds. The maximum atomic E-state index is 13.0. The quantitative estimate of drug-likeness (QED) is 0.225. The Balaban J connectivity index is 1.71. The van der Waals surface area contributed by atoms with Crippen LogP contribution in [0.5, 0.6) is 0 Å². The van der Waals surface area contributed by atoms with Crippen LogP contribution in [0.3, 0.4) is 0 Å². The highest BCUT2D eigenvalue weighted by molar-refractivity contribution is 7.98. The van der Waals surface area contributed by atoms with Crippen molar-refractivity contribution in [3.05, 3.63) is 99.8 Å². The number of hydrogen-bond donors (Lipinski definition) is 0. The van der Waals surface area contributed by atoms with Crippen molar-refractivity contribution >= 4 is 28.3 Å². The lowest BCUT2D eigenvalue weighted by molar-refractivity contribution is 0.769. The van der Waals surface area contributed by atoms with E-state index in [1.165, 1.54) is 11.1 Å². The van der Waals surface area contributed by atoms with Crippen molar-refractivity contribution in [2.24, 2.45) is 0 Å². The molecule has 0 aliphatic carbocycles. The third-order valence-electron chi connectivity index (χ3n) is 5.34. The van der Waals surface area contributed by atoms with Crippen LogP contribution in [0.25, 0.3) is 27.8 Å². The Hall–Kier alpha value is -3.51. The molecule has 0 N–H and O–H groups in total. The van der Waals surface area contributed by atoms with E-state index in [1.807, 2.05) is 74.5 Å². The molecular weight excluding hydrogens is 404 g/mol. The Morgan fingerprint density at radius 3 is 2.45 bits per heavy atom. The summed E-state index contributed by atoms with van der Waals surface area (Å²) in [6.07, 6.45) is 0. The van der Waals surface area contributed by atoms with Gasteiger partial charge in [-0.2, -0.15) is 14.6 Å². The molecule has 0 saturated carbocycles. The Morgan fingerprint density at radius 1 is 0.871 bits per heavy atom. The van der Waals surface area contributed by atoms with Gasteiger partial charge in [-0.15, -0.1) is 0 Å². The van der Waals surface area contributed by atoms with Gasteiger partial charge in [-0.1, -0.05) is 66.4 Å². The minimum atomic E-state index is -0.335. The van der Waals surface area contributed by atoms with Gasteiger partial charge < -0.3 is 0 Å². The fraction of sp³-hybridized carbons (Fsp3) is 0.120. The van der Waals surface area contributed by atoms with E-state index >= 15 is 0 Å². The topological polar surface area (TPSA) is 60.1 Å². The van der Waals surface area contributed by atoms with E-state index in [9.17, 15) is 4.79 Å². The van der Waals surface area contributed by atoms with E-state index in [2.05, 4.69) is 17.1 Å². The van der Waals surface area contributed by atoms with Gasteiger partial charge in [0, 0.05) is 16.7 Å². The molecule has 0 saturated heterocycles. The average Bonchev–Trinajstić information content (AvgIpc) is 2.79. The summed E-state index contributed by atoms with van der Waals surface area (Å²) in [5.74, 6) is 0.744. The summed E-state index contributed by atoms with van der Waals surface area (Å²) in [7, 11) is 0. The van der Waals surface area contributed by atoms with E-state index in [4.69, 9.17) is 10.1 Å². The second-order valence-corrected chi connectivity index (χ2v) is 8.43. The first-order valence-electron chi connectivity index (χ1n) is 10.0. The van der Waals surface area contributed by atoms with Crippen LogP contribution < -0.4 is 5.56 Å². The molecule has 0 atom stereocenters. The molecule has 2 heterocycles. The zero-order chi connectivity index (χ0) is 21.4. The summed E-state index contributed by atoms with van der Waals surface area (Å²) >= 11 is 1.58. The van der Waals surface area contributed by atoms with Gasteiger partial charge in [-0.05, 0) is 48.7 Å². The molecule has 152 valence electrons. The highest BCUT2D eigenvalue weighted by atomic mass is 32.2. The van der Waals surface area contributed by atoms with Crippen molar-refractivity contribution in [1.29, 1.82) is 0 Å². The van der Waals surface area contributed by atoms with Gasteiger partial charge in [-0.25, -0.2) is 4.98 Å². The number of fused-ring (bicyclic) bond motifs is 3. The van der Waals surface area contributed by atoms with Gasteiger partial charge >= 0.3 is 0 Å². The molecule has 5 nitrogen and oxygen atoms in total. The summed E-state index contributed by atoms with van der Waals surface area (Å²) < 4.78 is 1.71. The maximum Gasteiger partial charge on any atom is 0.300 e. The SMILES string of the molecule is Cc1ccc(-c2nn3c(SCc4ccccc4)nc4ccccc4c3nc2=O)cc1C. The third kappa shape index (κ3) is 3.70. The Labute approximate surface area is 183 Å². The number of thioether (sulfide) groups is 1. The van der Waals surface area contributed by atoms with E-state index in [1.54, 1.807) is 16.3 Å². The van der Waals surface area contributed by atoms with E-state index < -0.39 is 0 Å². The van der Waals surface area contributed by atoms with Crippen LogP contribution in [-0.4, -0.2) is 19.6 Å².